The maximum absolute atomic E-state index is 12.9. The number of para-hydroxylation sites is 2. The molecule has 1 aliphatic carbocycles. The predicted molar refractivity (Wildman–Crippen MR) is 86.5 cm³/mol. The van der Waals surface area contributed by atoms with Crippen molar-refractivity contribution >= 4 is 21.4 Å². The molecule has 21 heavy (non-hydrogen) atoms. The van der Waals surface area contributed by atoms with E-state index in [1.807, 2.05) is 31.3 Å². The Hall–Kier alpha value is -1.27. The highest BCUT2D eigenvalue weighted by Crippen LogP contribution is 2.34. The number of rotatable bonds is 5. The van der Waals surface area contributed by atoms with Crippen molar-refractivity contribution in [2.24, 2.45) is 0 Å². The van der Waals surface area contributed by atoms with E-state index >= 15 is 0 Å². The van der Waals surface area contributed by atoms with E-state index in [1.54, 1.807) is 11.2 Å². The molecule has 0 amide bonds. The highest BCUT2D eigenvalue weighted by atomic mass is 32.2. The monoisotopic (exact) mass is 309 g/mol. The van der Waals surface area contributed by atoms with Crippen LogP contribution in [0.4, 0.5) is 11.4 Å². The summed E-state index contributed by atoms with van der Waals surface area (Å²) in [5.41, 5.74) is 1.78. The molecule has 1 unspecified atom stereocenters. The van der Waals surface area contributed by atoms with E-state index in [0.29, 0.717) is 19.1 Å². The summed E-state index contributed by atoms with van der Waals surface area (Å²) in [5.74, 6) is 0. The van der Waals surface area contributed by atoms with Crippen LogP contribution in [0.25, 0.3) is 0 Å². The molecule has 1 saturated carbocycles. The molecule has 0 bridgehead atoms. The average Bonchev–Trinajstić information content (AvgIpc) is 3.29. The van der Waals surface area contributed by atoms with Gasteiger partial charge in [0.2, 0.25) is 10.0 Å². The lowest BCUT2D eigenvalue weighted by atomic mass is 10.2. The van der Waals surface area contributed by atoms with E-state index in [1.165, 1.54) is 12.8 Å². The topological polar surface area (TPSA) is 52.7 Å². The van der Waals surface area contributed by atoms with Gasteiger partial charge in [-0.3, -0.25) is 4.31 Å². The van der Waals surface area contributed by atoms with E-state index in [2.05, 4.69) is 10.2 Å². The fourth-order valence-electron chi connectivity index (χ4n) is 2.69. The fourth-order valence-corrected chi connectivity index (χ4v) is 4.19. The van der Waals surface area contributed by atoms with Crippen molar-refractivity contribution in [3.63, 3.8) is 0 Å². The normalized spacial score (nSPS) is 20.3. The molecule has 5 nitrogen and oxygen atoms in total. The lowest BCUT2D eigenvalue weighted by molar-refractivity contribution is 0.564. The van der Waals surface area contributed by atoms with Crippen molar-refractivity contribution in [1.29, 1.82) is 0 Å². The molecule has 0 radical (unpaired) electrons. The van der Waals surface area contributed by atoms with Gasteiger partial charge in [-0.25, -0.2) is 8.42 Å². The second-order valence-electron chi connectivity index (χ2n) is 6.02. The molecule has 0 aromatic heterocycles. The van der Waals surface area contributed by atoms with Crippen LogP contribution in [-0.2, 0) is 10.0 Å². The number of fused-ring (bicyclic) bond motifs is 1. The van der Waals surface area contributed by atoms with Crippen molar-refractivity contribution in [2.45, 2.75) is 31.1 Å². The number of likely N-dealkylation sites (N-methyl/N-ethyl adjacent to an activating group) is 1. The molecule has 0 spiro atoms. The van der Waals surface area contributed by atoms with Gasteiger partial charge in [-0.1, -0.05) is 12.1 Å². The number of hydrogen-bond donors (Lipinski definition) is 1. The minimum absolute atomic E-state index is 0.408. The highest BCUT2D eigenvalue weighted by Gasteiger charge is 2.34. The van der Waals surface area contributed by atoms with E-state index < -0.39 is 15.3 Å². The van der Waals surface area contributed by atoms with Crippen molar-refractivity contribution < 1.29 is 8.42 Å². The Bertz CT molecular complexity index is 613. The Morgan fingerprint density at radius 3 is 2.57 bits per heavy atom. The Morgan fingerprint density at radius 1 is 1.24 bits per heavy atom. The quantitative estimate of drug-likeness (QED) is 0.893. The molecule has 0 saturated heterocycles. The summed E-state index contributed by atoms with van der Waals surface area (Å²) < 4.78 is 27.3. The number of hydrogen-bond acceptors (Lipinski definition) is 4. The smallest absolute Gasteiger partial charge is 0.239 e. The molecular weight excluding hydrogens is 286 g/mol. The first-order valence-electron chi connectivity index (χ1n) is 7.55. The zero-order chi connectivity index (χ0) is 15.0. The van der Waals surface area contributed by atoms with Crippen LogP contribution < -0.4 is 14.5 Å². The SMILES string of the molecule is CC(CNC1CC1)S(=O)(=O)N1CCN(C)c2ccccc21. The summed E-state index contributed by atoms with van der Waals surface area (Å²) in [6.07, 6.45) is 2.34. The first-order valence-corrected chi connectivity index (χ1v) is 9.05. The van der Waals surface area contributed by atoms with Crippen LogP contribution in [0.2, 0.25) is 0 Å². The molecule has 3 rings (SSSR count). The van der Waals surface area contributed by atoms with E-state index in [4.69, 9.17) is 0 Å². The molecule has 1 heterocycles. The zero-order valence-electron chi connectivity index (χ0n) is 12.6. The summed E-state index contributed by atoms with van der Waals surface area (Å²) in [6.45, 7) is 3.57. The van der Waals surface area contributed by atoms with Crippen LogP contribution in [-0.4, -0.2) is 46.4 Å². The Morgan fingerprint density at radius 2 is 1.90 bits per heavy atom. The van der Waals surface area contributed by atoms with Gasteiger partial charge < -0.3 is 10.2 Å². The van der Waals surface area contributed by atoms with Gasteiger partial charge in [0.1, 0.15) is 0 Å². The number of nitrogens with one attached hydrogen (secondary N) is 1. The molecular formula is C15H23N3O2S. The third-order valence-corrected chi connectivity index (χ3v) is 6.46. The summed E-state index contributed by atoms with van der Waals surface area (Å²) in [7, 11) is -1.32. The molecule has 1 atom stereocenters. The third kappa shape index (κ3) is 2.87. The fraction of sp³-hybridized carbons (Fsp3) is 0.600. The Balaban J connectivity index is 1.83. The number of anilines is 2. The lowest BCUT2D eigenvalue weighted by Crippen LogP contribution is -2.48. The minimum atomic E-state index is -3.32. The molecule has 1 aromatic carbocycles. The molecule has 1 fully saturated rings. The van der Waals surface area contributed by atoms with Crippen molar-refractivity contribution in [2.75, 3.05) is 35.9 Å². The second kappa shape index (κ2) is 5.50. The first-order chi connectivity index (χ1) is 10.00. The van der Waals surface area contributed by atoms with Gasteiger partial charge in [-0.05, 0) is 31.9 Å². The largest absolute Gasteiger partial charge is 0.371 e. The first kappa shape index (κ1) is 14.7. The average molecular weight is 309 g/mol. The molecule has 1 N–H and O–H groups in total. The minimum Gasteiger partial charge on any atom is -0.371 e. The maximum atomic E-state index is 12.9. The van der Waals surface area contributed by atoms with Crippen LogP contribution in [0.5, 0.6) is 0 Å². The number of benzene rings is 1. The van der Waals surface area contributed by atoms with Gasteiger partial charge in [0, 0.05) is 26.2 Å². The summed E-state index contributed by atoms with van der Waals surface area (Å²) in [6, 6.07) is 8.24. The Kier molecular flexibility index (Phi) is 3.84. The third-order valence-electron chi connectivity index (χ3n) is 4.29. The van der Waals surface area contributed by atoms with Gasteiger partial charge in [0.25, 0.3) is 0 Å². The van der Waals surface area contributed by atoms with Crippen LogP contribution in [0.1, 0.15) is 19.8 Å². The molecule has 116 valence electrons. The molecule has 6 heteroatoms. The maximum Gasteiger partial charge on any atom is 0.239 e. The summed E-state index contributed by atoms with van der Waals surface area (Å²) in [5, 5.41) is 2.91. The lowest BCUT2D eigenvalue weighted by Gasteiger charge is -2.37. The highest BCUT2D eigenvalue weighted by molar-refractivity contribution is 7.93. The van der Waals surface area contributed by atoms with Gasteiger partial charge >= 0.3 is 0 Å². The van der Waals surface area contributed by atoms with Gasteiger partial charge in [-0.2, -0.15) is 0 Å². The van der Waals surface area contributed by atoms with Crippen LogP contribution >= 0.6 is 0 Å². The molecule has 1 aliphatic heterocycles. The predicted octanol–water partition coefficient (Wildman–Crippen LogP) is 1.41. The summed E-state index contributed by atoms with van der Waals surface area (Å²) in [4.78, 5) is 2.11. The van der Waals surface area contributed by atoms with E-state index in [9.17, 15) is 8.42 Å². The summed E-state index contributed by atoms with van der Waals surface area (Å²) >= 11 is 0. The van der Waals surface area contributed by atoms with Crippen LogP contribution in [0, 0.1) is 0 Å². The van der Waals surface area contributed by atoms with Crippen LogP contribution in [0.15, 0.2) is 24.3 Å². The zero-order valence-corrected chi connectivity index (χ0v) is 13.4. The van der Waals surface area contributed by atoms with Gasteiger partial charge in [-0.15, -0.1) is 0 Å². The van der Waals surface area contributed by atoms with Crippen molar-refractivity contribution in [3.8, 4) is 0 Å². The van der Waals surface area contributed by atoms with E-state index in [-0.39, 0.29) is 0 Å². The van der Waals surface area contributed by atoms with Crippen LogP contribution in [0.3, 0.4) is 0 Å². The van der Waals surface area contributed by atoms with Crippen molar-refractivity contribution in [3.05, 3.63) is 24.3 Å². The second-order valence-corrected chi connectivity index (χ2v) is 8.30. The van der Waals surface area contributed by atoms with E-state index in [0.717, 1.165) is 17.9 Å². The number of nitrogens with zero attached hydrogens (tertiary/aromatic N) is 2. The standard InChI is InChI=1S/C15H23N3O2S/c1-12(11-16-13-7-8-13)21(19,20)18-10-9-17(2)14-5-3-4-6-15(14)18/h3-6,12-13,16H,7-11H2,1-2H3. The van der Waals surface area contributed by atoms with Gasteiger partial charge in [0.15, 0.2) is 0 Å². The number of sulfonamides is 1. The van der Waals surface area contributed by atoms with Crippen molar-refractivity contribution in [1.82, 2.24) is 5.32 Å². The Labute approximate surface area is 127 Å². The molecule has 2 aliphatic rings. The van der Waals surface area contributed by atoms with Gasteiger partial charge in [0.05, 0.1) is 23.2 Å². The molecule has 1 aromatic rings.